The summed E-state index contributed by atoms with van der Waals surface area (Å²) in [5.74, 6) is 1.66. The number of benzene rings is 2. The first kappa shape index (κ1) is 24.7. The van der Waals surface area contributed by atoms with E-state index in [9.17, 15) is 9.50 Å². The third-order valence-electron chi connectivity index (χ3n) is 6.36. The molecule has 2 aromatic carbocycles. The quantitative estimate of drug-likeness (QED) is 0.279. The number of H-pyrrole nitrogens is 1. The lowest BCUT2D eigenvalue weighted by Gasteiger charge is -2.22. The summed E-state index contributed by atoms with van der Waals surface area (Å²) in [4.78, 5) is 10.9. The second-order valence-electron chi connectivity index (χ2n) is 8.75. The first-order valence-corrected chi connectivity index (χ1v) is 12.1. The molecule has 0 amide bonds. The molecule has 1 atom stereocenters. The molecule has 37 heavy (non-hydrogen) atoms. The predicted molar refractivity (Wildman–Crippen MR) is 136 cm³/mol. The van der Waals surface area contributed by atoms with Crippen molar-refractivity contribution in [3.63, 3.8) is 0 Å². The molecule has 0 bridgehead atoms. The van der Waals surface area contributed by atoms with Crippen molar-refractivity contribution in [3.05, 3.63) is 60.2 Å². The van der Waals surface area contributed by atoms with E-state index in [1.165, 1.54) is 18.5 Å². The van der Waals surface area contributed by atoms with Gasteiger partial charge in [0.15, 0.2) is 17.1 Å². The van der Waals surface area contributed by atoms with Gasteiger partial charge in [-0.2, -0.15) is 0 Å². The SMILES string of the molecule is COc1cc(Nc2ncnc3[nH]nc(OCCN4CCC[C@@H]4CO)c23)ccc1OCc1cccc(F)c1. The standard InChI is InChI=1S/C26H29FN6O4/c1-35-22-13-19(7-8-21(22)37-15-17-4-2-5-18(27)12-17)30-24-23-25(29-16-28-24)31-32-26(23)36-11-10-33-9-3-6-20(33)14-34/h2,4-5,7-8,12-13,16,20,34H,3,6,9-11,14-15H2,1H3,(H2,28,29,30,31,32)/t20-/m1/s1. The number of aliphatic hydroxyl groups is 1. The van der Waals surface area contributed by atoms with E-state index in [0.717, 1.165) is 24.9 Å². The molecule has 1 fully saturated rings. The Kier molecular flexibility index (Phi) is 7.62. The lowest BCUT2D eigenvalue weighted by atomic mass is 10.2. The topological polar surface area (TPSA) is 118 Å². The van der Waals surface area contributed by atoms with Crippen LogP contribution in [0, 0.1) is 5.82 Å². The minimum Gasteiger partial charge on any atom is -0.493 e. The molecule has 0 spiro atoms. The van der Waals surface area contributed by atoms with Crippen LogP contribution in [-0.4, -0.2) is 69.6 Å². The van der Waals surface area contributed by atoms with Crippen molar-refractivity contribution in [2.24, 2.45) is 0 Å². The van der Waals surface area contributed by atoms with Gasteiger partial charge in [0, 0.05) is 24.3 Å². The van der Waals surface area contributed by atoms with Crippen molar-refractivity contribution in [1.29, 1.82) is 0 Å². The zero-order chi connectivity index (χ0) is 25.6. The number of aliphatic hydroxyl groups excluding tert-OH is 1. The molecule has 11 heteroatoms. The van der Waals surface area contributed by atoms with Gasteiger partial charge in [-0.3, -0.25) is 10.00 Å². The molecule has 0 unspecified atom stereocenters. The van der Waals surface area contributed by atoms with Crippen LogP contribution in [0.2, 0.25) is 0 Å². The Morgan fingerprint density at radius 3 is 2.92 bits per heavy atom. The molecule has 2 aromatic heterocycles. The van der Waals surface area contributed by atoms with Gasteiger partial charge in [-0.1, -0.05) is 12.1 Å². The van der Waals surface area contributed by atoms with Crippen LogP contribution in [0.3, 0.4) is 0 Å². The summed E-state index contributed by atoms with van der Waals surface area (Å²) in [6.07, 6.45) is 3.52. The number of rotatable bonds is 11. The summed E-state index contributed by atoms with van der Waals surface area (Å²) in [5.41, 5.74) is 1.98. The Morgan fingerprint density at radius 1 is 1.16 bits per heavy atom. The van der Waals surface area contributed by atoms with Crippen LogP contribution < -0.4 is 19.5 Å². The van der Waals surface area contributed by atoms with E-state index >= 15 is 0 Å². The molecule has 5 rings (SSSR count). The Balaban J connectivity index is 1.28. The van der Waals surface area contributed by atoms with Gasteiger partial charge >= 0.3 is 0 Å². The molecule has 1 saturated heterocycles. The Labute approximate surface area is 213 Å². The number of aromatic nitrogens is 4. The number of anilines is 2. The fraction of sp³-hybridized carbons (Fsp3) is 0.346. The number of aromatic amines is 1. The monoisotopic (exact) mass is 508 g/mol. The van der Waals surface area contributed by atoms with E-state index in [1.54, 1.807) is 31.4 Å². The molecular formula is C26H29FN6O4. The minimum atomic E-state index is -0.309. The van der Waals surface area contributed by atoms with Gasteiger partial charge in [-0.15, -0.1) is 5.10 Å². The molecule has 1 aliphatic heterocycles. The van der Waals surface area contributed by atoms with Gasteiger partial charge < -0.3 is 24.6 Å². The number of likely N-dealkylation sites (tertiary alicyclic amines) is 1. The number of nitrogens with one attached hydrogen (secondary N) is 2. The van der Waals surface area contributed by atoms with Crippen LogP contribution in [-0.2, 0) is 6.61 Å². The van der Waals surface area contributed by atoms with Gasteiger partial charge in [0.1, 0.15) is 36.6 Å². The zero-order valence-electron chi connectivity index (χ0n) is 20.5. The van der Waals surface area contributed by atoms with Crippen molar-refractivity contribution in [2.45, 2.75) is 25.5 Å². The average Bonchev–Trinajstić information content (AvgIpc) is 3.55. The van der Waals surface area contributed by atoms with E-state index in [1.807, 2.05) is 6.07 Å². The maximum Gasteiger partial charge on any atom is 0.246 e. The molecule has 10 nitrogen and oxygen atoms in total. The fourth-order valence-corrected chi connectivity index (χ4v) is 4.48. The van der Waals surface area contributed by atoms with Gasteiger partial charge in [-0.05, 0) is 49.2 Å². The normalized spacial score (nSPS) is 15.7. The van der Waals surface area contributed by atoms with Crippen LogP contribution >= 0.6 is 0 Å². The minimum absolute atomic E-state index is 0.158. The summed E-state index contributed by atoms with van der Waals surface area (Å²) in [6, 6.07) is 11.9. The molecule has 0 saturated carbocycles. The van der Waals surface area contributed by atoms with Crippen molar-refractivity contribution >= 4 is 22.5 Å². The Hall–Kier alpha value is -3.96. The van der Waals surface area contributed by atoms with Crippen LogP contribution in [0.15, 0.2) is 48.8 Å². The molecular weight excluding hydrogens is 479 g/mol. The average molecular weight is 509 g/mol. The molecule has 3 N–H and O–H groups in total. The molecule has 0 aliphatic carbocycles. The van der Waals surface area contributed by atoms with Crippen LogP contribution in [0.4, 0.5) is 15.9 Å². The number of nitrogens with zero attached hydrogens (tertiary/aromatic N) is 4. The highest BCUT2D eigenvalue weighted by Gasteiger charge is 2.23. The summed E-state index contributed by atoms with van der Waals surface area (Å²) in [7, 11) is 1.56. The van der Waals surface area contributed by atoms with Crippen LogP contribution in [0.5, 0.6) is 17.4 Å². The smallest absolute Gasteiger partial charge is 0.246 e. The fourth-order valence-electron chi connectivity index (χ4n) is 4.48. The first-order chi connectivity index (χ1) is 18.1. The first-order valence-electron chi connectivity index (χ1n) is 12.1. The predicted octanol–water partition coefficient (Wildman–Crippen LogP) is 3.66. The Morgan fingerprint density at radius 2 is 2.08 bits per heavy atom. The number of methoxy groups -OCH3 is 1. The van der Waals surface area contributed by atoms with Crippen molar-refractivity contribution in [2.75, 3.05) is 38.7 Å². The van der Waals surface area contributed by atoms with Gasteiger partial charge in [0.2, 0.25) is 5.88 Å². The third kappa shape index (κ3) is 5.73. The highest BCUT2D eigenvalue weighted by molar-refractivity contribution is 5.93. The molecule has 0 radical (unpaired) electrons. The van der Waals surface area contributed by atoms with E-state index in [2.05, 4.69) is 30.4 Å². The largest absolute Gasteiger partial charge is 0.493 e. The third-order valence-corrected chi connectivity index (χ3v) is 6.36. The molecule has 194 valence electrons. The number of ether oxygens (including phenoxy) is 3. The highest BCUT2D eigenvalue weighted by atomic mass is 19.1. The van der Waals surface area contributed by atoms with E-state index < -0.39 is 0 Å². The summed E-state index contributed by atoms with van der Waals surface area (Å²) < 4.78 is 30.8. The number of hydrogen-bond acceptors (Lipinski definition) is 9. The van der Waals surface area contributed by atoms with Crippen molar-refractivity contribution in [1.82, 2.24) is 25.1 Å². The zero-order valence-corrected chi connectivity index (χ0v) is 20.5. The Bertz CT molecular complexity index is 1350. The van der Waals surface area contributed by atoms with E-state index in [0.29, 0.717) is 53.1 Å². The van der Waals surface area contributed by atoms with Crippen LogP contribution in [0.25, 0.3) is 11.0 Å². The van der Waals surface area contributed by atoms with Gasteiger partial charge in [0.05, 0.1) is 13.7 Å². The number of hydrogen-bond donors (Lipinski definition) is 3. The van der Waals surface area contributed by atoms with Crippen LogP contribution in [0.1, 0.15) is 18.4 Å². The molecule has 3 heterocycles. The van der Waals surface area contributed by atoms with Crippen molar-refractivity contribution < 1.29 is 23.7 Å². The summed E-state index contributed by atoms with van der Waals surface area (Å²) >= 11 is 0. The number of fused-ring (bicyclic) bond motifs is 1. The second kappa shape index (κ2) is 11.4. The molecule has 4 aromatic rings. The van der Waals surface area contributed by atoms with Crippen molar-refractivity contribution in [3.8, 4) is 17.4 Å². The van der Waals surface area contributed by atoms with Gasteiger partial charge in [0.25, 0.3) is 0 Å². The lowest BCUT2D eigenvalue weighted by molar-refractivity contribution is 0.138. The van der Waals surface area contributed by atoms with E-state index in [4.69, 9.17) is 14.2 Å². The molecule has 1 aliphatic rings. The highest BCUT2D eigenvalue weighted by Crippen LogP contribution is 2.34. The maximum atomic E-state index is 13.5. The van der Waals surface area contributed by atoms with E-state index in [-0.39, 0.29) is 25.1 Å². The maximum absolute atomic E-state index is 13.5. The summed E-state index contributed by atoms with van der Waals surface area (Å²) in [5, 5.41) is 20.6. The number of halogens is 1. The van der Waals surface area contributed by atoms with Gasteiger partial charge in [-0.25, -0.2) is 14.4 Å². The summed E-state index contributed by atoms with van der Waals surface area (Å²) in [6.45, 7) is 2.45. The lowest BCUT2D eigenvalue weighted by Crippen LogP contribution is -2.35. The second-order valence-corrected chi connectivity index (χ2v) is 8.75.